The van der Waals surface area contributed by atoms with Crippen molar-refractivity contribution in [1.82, 2.24) is 9.55 Å². The van der Waals surface area contributed by atoms with Crippen LogP contribution < -0.4 is 10.8 Å². The number of fused-ring (bicyclic) bond motifs is 1. The molecule has 0 unspecified atom stereocenters. The summed E-state index contributed by atoms with van der Waals surface area (Å²) in [6.07, 6.45) is 1.70. The van der Waals surface area contributed by atoms with E-state index in [4.69, 9.17) is 4.74 Å². The van der Waals surface area contributed by atoms with Gasteiger partial charge in [-0.3, -0.25) is 0 Å². The number of benzene rings is 1. The van der Waals surface area contributed by atoms with E-state index >= 15 is 0 Å². The molecule has 2 heterocycles. The summed E-state index contributed by atoms with van der Waals surface area (Å²) in [5.74, 6) is 0.318. The number of nitrogens with zero attached hydrogens (tertiary/aromatic N) is 3. The summed E-state index contributed by atoms with van der Waals surface area (Å²) in [4.78, 5) is 21.1. The molecule has 1 aliphatic rings. The van der Waals surface area contributed by atoms with E-state index in [9.17, 15) is 4.79 Å². The highest BCUT2D eigenvalue weighted by Crippen LogP contribution is 2.18. The maximum Gasteiger partial charge on any atom is 0.345 e. The van der Waals surface area contributed by atoms with Crippen molar-refractivity contribution in [2.24, 2.45) is 4.99 Å². The van der Waals surface area contributed by atoms with Crippen LogP contribution in [0.15, 0.2) is 35.6 Å². The molecule has 0 saturated carbocycles. The van der Waals surface area contributed by atoms with E-state index in [1.54, 1.807) is 13.3 Å². The Hall–Kier alpha value is -2.63. The summed E-state index contributed by atoms with van der Waals surface area (Å²) in [5, 5.41) is 3.21. The van der Waals surface area contributed by atoms with Gasteiger partial charge in [-0.05, 0) is 26.0 Å². The van der Waals surface area contributed by atoms with Crippen LogP contribution >= 0.6 is 0 Å². The Bertz CT molecular complexity index is 763. The van der Waals surface area contributed by atoms with Crippen LogP contribution in [0.3, 0.4) is 0 Å². The summed E-state index contributed by atoms with van der Waals surface area (Å²) in [5.41, 5.74) is 2.68. The lowest BCUT2D eigenvalue weighted by molar-refractivity contribution is 0.0524. The number of hydrogen-bond acceptors (Lipinski definition) is 5. The lowest BCUT2D eigenvalue weighted by Crippen LogP contribution is -2.24. The molecule has 0 spiro atoms. The van der Waals surface area contributed by atoms with Crippen molar-refractivity contribution in [2.75, 3.05) is 18.5 Å². The lowest BCUT2D eigenvalue weighted by atomic mass is 10.2. The molecule has 114 valence electrons. The van der Waals surface area contributed by atoms with Crippen LogP contribution in [0.1, 0.15) is 22.8 Å². The molecule has 0 atom stereocenters. The molecule has 1 N–H and O–H groups in total. The first kappa shape index (κ1) is 14.3. The second kappa shape index (κ2) is 6.01. The summed E-state index contributed by atoms with van der Waals surface area (Å²) in [6.45, 7) is 5.66. The summed E-state index contributed by atoms with van der Waals surface area (Å²) in [6, 6.07) is 7.76. The quantitative estimate of drug-likeness (QED) is 0.880. The third kappa shape index (κ3) is 2.72. The van der Waals surface area contributed by atoms with Gasteiger partial charge in [-0.25, -0.2) is 14.8 Å². The van der Waals surface area contributed by atoms with Gasteiger partial charge in [0, 0.05) is 13.1 Å². The number of hydrogen-bond donors (Lipinski definition) is 1. The molecular formula is C16H18N4O2. The van der Waals surface area contributed by atoms with E-state index in [1.165, 1.54) is 0 Å². The Morgan fingerprint density at radius 3 is 2.91 bits per heavy atom. The molecule has 0 amide bonds. The topological polar surface area (TPSA) is 68.5 Å². The largest absolute Gasteiger partial charge is 0.462 e. The molecule has 0 aliphatic carbocycles. The molecule has 1 aromatic heterocycles. The number of carbonyl (C=O) groups excluding carboxylic acids is 1. The fourth-order valence-electron chi connectivity index (χ4n) is 2.37. The van der Waals surface area contributed by atoms with Gasteiger partial charge in [0.2, 0.25) is 0 Å². The fourth-order valence-corrected chi connectivity index (χ4v) is 2.37. The van der Waals surface area contributed by atoms with Gasteiger partial charge in [0.05, 0.1) is 18.6 Å². The SMILES string of the molecule is CCOC(=O)c1c2n(cnc1=Nc1ccc(C)cc1)CCN2. The Morgan fingerprint density at radius 1 is 1.41 bits per heavy atom. The van der Waals surface area contributed by atoms with E-state index in [0.29, 0.717) is 17.7 Å². The van der Waals surface area contributed by atoms with Crippen molar-refractivity contribution in [3.05, 3.63) is 47.2 Å². The average Bonchev–Trinajstić information content (AvgIpc) is 2.98. The van der Waals surface area contributed by atoms with Crippen molar-refractivity contribution in [3.63, 3.8) is 0 Å². The predicted octanol–water partition coefficient (Wildman–Crippen LogP) is 2.03. The number of aryl methyl sites for hydroxylation is 1. The number of anilines is 1. The zero-order valence-electron chi connectivity index (χ0n) is 12.7. The van der Waals surface area contributed by atoms with Gasteiger partial charge in [0.15, 0.2) is 5.49 Å². The normalized spacial score (nSPS) is 13.6. The first-order valence-electron chi connectivity index (χ1n) is 7.31. The highest BCUT2D eigenvalue weighted by atomic mass is 16.5. The molecule has 6 nitrogen and oxygen atoms in total. The molecule has 1 aromatic carbocycles. The maximum absolute atomic E-state index is 12.3. The summed E-state index contributed by atoms with van der Waals surface area (Å²) < 4.78 is 7.06. The number of rotatable bonds is 3. The Labute approximate surface area is 128 Å². The summed E-state index contributed by atoms with van der Waals surface area (Å²) >= 11 is 0. The number of ether oxygens (including phenoxy) is 1. The minimum atomic E-state index is -0.403. The van der Waals surface area contributed by atoms with E-state index in [2.05, 4.69) is 15.3 Å². The Morgan fingerprint density at radius 2 is 2.18 bits per heavy atom. The molecule has 22 heavy (non-hydrogen) atoms. The highest BCUT2D eigenvalue weighted by Gasteiger charge is 2.22. The van der Waals surface area contributed by atoms with Crippen LogP contribution in [-0.4, -0.2) is 28.7 Å². The minimum Gasteiger partial charge on any atom is -0.462 e. The third-order valence-corrected chi connectivity index (χ3v) is 3.46. The van der Waals surface area contributed by atoms with Crippen LogP contribution in [0.25, 0.3) is 0 Å². The third-order valence-electron chi connectivity index (χ3n) is 3.46. The van der Waals surface area contributed by atoms with Crippen molar-refractivity contribution in [3.8, 4) is 0 Å². The first-order valence-corrected chi connectivity index (χ1v) is 7.31. The predicted molar refractivity (Wildman–Crippen MR) is 83.1 cm³/mol. The molecule has 0 bridgehead atoms. The average molecular weight is 298 g/mol. The van der Waals surface area contributed by atoms with E-state index in [1.807, 2.05) is 35.8 Å². The van der Waals surface area contributed by atoms with E-state index in [-0.39, 0.29) is 0 Å². The number of nitrogens with one attached hydrogen (secondary N) is 1. The highest BCUT2D eigenvalue weighted by molar-refractivity contribution is 5.94. The Balaban J connectivity index is 2.14. The molecule has 1 aliphatic heterocycles. The minimum absolute atomic E-state index is 0.317. The zero-order valence-corrected chi connectivity index (χ0v) is 12.7. The second-order valence-corrected chi connectivity index (χ2v) is 5.08. The van der Waals surface area contributed by atoms with Crippen molar-refractivity contribution >= 4 is 17.5 Å². The molecular weight excluding hydrogens is 280 g/mol. The van der Waals surface area contributed by atoms with Gasteiger partial charge in [-0.2, -0.15) is 0 Å². The fraction of sp³-hybridized carbons (Fsp3) is 0.312. The molecule has 0 radical (unpaired) electrons. The van der Waals surface area contributed by atoms with E-state index in [0.717, 1.165) is 30.2 Å². The number of carbonyl (C=O) groups is 1. The summed E-state index contributed by atoms with van der Waals surface area (Å²) in [7, 11) is 0. The lowest BCUT2D eigenvalue weighted by Gasteiger charge is -2.09. The second-order valence-electron chi connectivity index (χ2n) is 5.08. The van der Waals surface area contributed by atoms with Crippen molar-refractivity contribution in [1.29, 1.82) is 0 Å². The van der Waals surface area contributed by atoms with Gasteiger partial charge in [-0.15, -0.1) is 0 Å². The standard InChI is InChI=1S/C16H18N4O2/c1-3-22-16(21)13-14(18-10-20-9-8-17-15(13)20)19-12-6-4-11(2)5-7-12/h4-7,10,17H,3,8-9H2,1-2H3. The van der Waals surface area contributed by atoms with Crippen LogP contribution in [0.5, 0.6) is 0 Å². The monoisotopic (exact) mass is 298 g/mol. The van der Waals surface area contributed by atoms with Crippen molar-refractivity contribution < 1.29 is 9.53 Å². The maximum atomic E-state index is 12.3. The van der Waals surface area contributed by atoms with Gasteiger partial charge in [0.1, 0.15) is 11.4 Å². The Kier molecular flexibility index (Phi) is 3.91. The van der Waals surface area contributed by atoms with Crippen molar-refractivity contribution in [2.45, 2.75) is 20.4 Å². The number of aromatic nitrogens is 2. The van der Waals surface area contributed by atoms with Gasteiger partial charge in [0.25, 0.3) is 0 Å². The first-order chi connectivity index (χ1) is 10.7. The van der Waals surface area contributed by atoms with Gasteiger partial charge < -0.3 is 14.6 Å². The van der Waals surface area contributed by atoms with Gasteiger partial charge >= 0.3 is 5.97 Å². The van der Waals surface area contributed by atoms with Gasteiger partial charge in [-0.1, -0.05) is 17.7 Å². The number of esters is 1. The van der Waals surface area contributed by atoms with Crippen LogP contribution in [0.2, 0.25) is 0 Å². The van der Waals surface area contributed by atoms with E-state index < -0.39 is 5.97 Å². The molecule has 0 saturated heterocycles. The molecule has 0 fully saturated rings. The van der Waals surface area contributed by atoms with Crippen LogP contribution in [-0.2, 0) is 11.3 Å². The van der Waals surface area contributed by atoms with Crippen LogP contribution in [0.4, 0.5) is 11.5 Å². The smallest absolute Gasteiger partial charge is 0.345 e. The molecule has 6 heteroatoms. The molecule has 2 aromatic rings. The van der Waals surface area contributed by atoms with Crippen LogP contribution in [0, 0.1) is 6.92 Å². The molecule has 3 rings (SSSR count). The zero-order chi connectivity index (χ0) is 15.5.